The van der Waals surface area contributed by atoms with Crippen LogP contribution in [0.25, 0.3) is 0 Å². The van der Waals surface area contributed by atoms with Crippen LogP contribution in [0.15, 0.2) is 60.7 Å². The molecule has 0 radical (unpaired) electrons. The standard InChI is InChI=1S/C46H53F3N6O5/c1-43(2)29-44(3,4)46(43,60-35-16-14-32(27-50)37(26-35)45(47,48)49)52-40(57)31-12-10-30(11-13-31)9-7-5-6-8-20-53-21-23-54(24-22-53)34-15-17-36-33(25-34)28-55(42(36)59)38-18-19-39(56)51-41(38)58/h10-17,25-26,38H,5-9,18-24,28-29H2,1-4H3,(H,52,57)(H,51,56,58)/t38-/m1/s1. The fourth-order valence-electron chi connectivity index (χ4n) is 9.96. The first-order valence-corrected chi connectivity index (χ1v) is 20.9. The molecule has 4 amide bonds. The maximum atomic E-state index is 13.8. The number of ether oxygens (including phenoxy) is 1. The van der Waals surface area contributed by atoms with E-state index in [1.807, 2.05) is 52.0 Å². The Morgan fingerprint density at radius 1 is 0.917 bits per heavy atom. The number of aryl methyl sites for hydroxylation is 1. The zero-order valence-electron chi connectivity index (χ0n) is 34.7. The maximum absolute atomic E-state index is 13.8. The van der Waals surface area contributed by atoms with E-state index in [1.54, 1.807) is 23.1 Å². The summed E-state index contributed by atoms with van der Waals surface area (Å²) >= 11 is 0. The fraction of sp³-hybridized carbons (Fsp3) is 0.500. The average Bonchev–Trinajstić information content (AvgIpc) is 3.53. The second-order valence-corrected chi connectivity index (χ2v) is 17.9. The quantitative estimate of drug-likeness (QED) is 0.105. The van der Waals surface area contributed by atoms with Crippen LogP contribution in [0.4, 0.5) is 18.9 Å². The van der Waals surface area contributed by atoms with Gasteiger partial charge in [-0.3, -0.25) is 29.4 Å². The van der Waals surface area contributed by atoms with Crippen molar-refractivity contribution in [2.45, 2.75) is 104 Å². The molecule has 0 bridgehead atoms. The summed E-state index contributed by atoms with van der Waals surface area (Å²) in [5.74, 6) is -1.31. The van der Waals surface area contributed by atoms with E-state index in [0.29, 0.717) is 30.5 Å². The Morgan fingerprint density at radius 2 is 1.62 bits per heavy atom. The summed E-state index contributed by atoms with van der Waals surface area (Å²) in [5.41, 5.74) is 0.0712. The van der Waals surface area contributed by atoms with E-state index in [-0.39, 0.29) is 29.9 Å². The number of fused-ring (bicyclic) bond motifs is 1. The lowest BCUT2D eigenvalue weighted by Crippen LogP contribution is -2.77. The predicted molar refractivity (Wildman–Crippen MR) is 219 cm³/mol. The van der Waals surface area contributed by atoms with Crippen LogP contribution in [0, 0.1) is 22.2 Å². The minimum absolute atomic E-state index is 0.0736. The SMILES string of the molecule is CC1(C)CC(C)(C)C1(NC(=O)c1ccc(CCCCCCN2CCN(c3ccc4c(c3)CN([C@@H]3CCC(=O)NC3=O)C4=O)CC2)cc1)Oc1ccc(C#N)c(C(F)(F)F)c1. The lowest BCUT2D eigenvalue weighted by Gasteiger charge is -2.65. The molecule has 3 aliphatic heterocycles. The van der Waals surface area contributed by atoms with Crippen LogP contribution in [0.2, 0.25) is 0 Å². The number of carbonyl (C=O) groups is 4. The van der Waals surface area contributed by atoms with Crippen molar-refractivity contribution in [1.29, 1.82) is 5.26 Å². The summed E-state index contributed by atoms with van der Waals surface area (Å²) in [4.78, 5) is 57.2. The fourth-order valence-corrected chi connectivity index (χ4v) is 9.96. The monoisotopic (exact) mass is 826 g/mol. The molecule has 0 spiro atoms. The van der Waals surface area contributed by atoms with E-state index in [4.69, 9.17) is 4.74 Å². The van der Waals surface area contributed by atoms with E-state index < -0.39 is 45.8 Å². The molecule has 1 saturated carbocycles. The first kappa shape index (κ1) is 42.7. The first-order chi connectivity index (χ1) is 28.4. The molecule has 318 valence electrons. The van der Waals surface area contributed by atoms with Gasteiger partial charge in [0.1, 0.15) is 11.8 Å². The number of halogens is 3. The molecule has 3 heterocycles. The molecule has 11 nitrogen and oxygen atoms in total. The molecular formula is C46H53F3N6O5. The lowest BCUT2D eigenvalue weighted by atomic mass is 9.48. The van der Waals surface area contributed by atoms with Gasteiger partial charge in [-0.1, -0.05) is 52.7 Å². The first-order valence-electron chi connectivity index (χ1n) is 20.9. The number of piperazine rings is 1. The van der Waals surface area contributed by atoms with Gasteiger partial charge in [-0.15, -0.1) is 0 Å². The average molecular weight is 827 g/mol. The van der Waals surface area contributed by atoms with E-state index in [2.05, 4.69) is 26.5 Å². The number of anilines is 1. The number of benzene rings is 3. The van der Waals surface area contributed by atoms with Crippen molar-refractivity contribution in [3.05, 3.63) is 94.0 Å². The molecule has 3 aromatic carbocycles. The molecule has 3 fully saturated rings. The Morgan fingerprint density at radius 3 is 2.27 bits per heavy atom. The van der Waals surface area contributed by atoms with Crippen LogP contribution in [0.5, 0.6) is 5.75 Å². The topological polar surface area (TPSA) is 135 Å². The number of carbonyl (C=O) groups excluding carboxylic acids is 4. The summed E-state index contributed by atoms with van der Waals surface area (Å²) in [6, 6.07) is 17.6. The largest absolute Gasteiger partial charge is 0.467 e. The van der Waals surface area contributed by atoms with Crippen LogP contribution in [0.1, 0.15) is 116 Å². The number of nitrogens with one attached hydrogen (secondary N) is 2. The number of imide groups is 1. The smallest absolute Gasteiger partial charge is 0.417 e. The third-order valence-corrected chi connectivity index (χ3v) is 12.9. The second kappa shape index (κ2) is 16.6. The molecular weight excluding hydrogens is 774 g/mol. The van der Waals surface area contributed by atoms with Gasteiger partial charge >= 0.3 is 6.18 Å². The molecule has 60 heavy (non-hydrogen) atoms. The van der Waals surface area contributed by atoms with Gasteiger partial charge in [0.2, 0.25) is 11.8 Å². The van der Waals surface area contributed by atoms with Gasteiger partial charge < -0.3 is 19.9 Å². The van der Waals surface area contributed by atoms with Gasteiger partial charge in [0.15, 0.2) is 5.72 Å². The number of hydrogen-bond donors (Lipinski definition) is 2. The Labute approximate surface area is 349 Å². The normalized spacial score (nSPS) is 20.8. The highest BCUT2D eigenvalue weighted by atomic mass is 19.4. The number of hydrogen-bond acceptors (Lipinski definition) is 8. The summed E-state index contributed by atoms with van der Waals surface area (Å²) < 4.78 is 47.6. The van der Waals surface area contributed by atoms with Gasteiger partial charge in [-0.25, -0.2) is 0 Å². The van der Waals surface area contributed by atoms with Gasteiger partial charge in [0, 0.05) is 66.8 Å². The number of piperidine rings is 1. The van der Waals surface area contributed by atoms with Crippen molar-refractivity contribution in [2.75, 3.05) is 37.6 Å². The highest BCUT2D eigenvalue weighted by Crippen LogP contribution is 2.62. The van der Waals surface area contributed by atoms with E-state index in [9.17, 15) is 37.6 Å². The molecule has 7 rings (SSSR count). The van der Waals surface area contributed by atoms with E-state index in [0.717, 1.165) is 93.8 Å². The minimum Gasteiger partial charge on any atom is -0.467 e. The Balaban J connectivity index is 0.840. The van der Waals surface area contributed by atoms with Crippen LogP contribution in [-0.2, 0) is 28.7 Å². The molecule has 4 aliphatic rings. The molecule has 2 N–H and O–H groups in total. The molecule has 1 atom stereocenters. The minimum atomic E-state index is -4.74. The molecule has 0 aromatic heterocycles. The summed E-state index contributed by atoms with van der Waals surface area (Å²) in [5, 5.41) is 14.7. The van der Waals surface area contributed by atoms with Crippen LogP contribution < -0.4 is 20.3 Å². The van der Waals surface area contributed by atoms with Crippen LogP contribution >= 0.6 is 0 Å². The number of alkyl halides is 3. The third-order valence-electron chi connectivity index (χ3n) is 12.9. The number of amides is 4. The lowest BCUT2D eigenvalue weighted by molar-refractivity contribution is -0.241. The van der Waals surface area contributed by atoms with E-state index in [1.165, 1.54) is 6.07 Å². The molecule has 0 unspecified atom stereocenters. The van der Waals surface area contributed by atoms with Crippen molar-refractivity contribution in [2.24, 2.45) is 10.8 Å². The van der Waals surface area contributed by atoms with Crippen molar-refractivity contribution >= 4 is 29.3 Å². The van der Waals surface area contributed by atoms with E-state index >= 15 is 0 Å². The van der Waals surface area contributed by atoms with Crippen molar-refractivity contribution in [3.8, 4) is 11.8 Å². The van der Waals surface area contributed by atoms with Crippen molar-refractivity contribution in [3.63, 3.8) is 0 Å². The Hall–Kier alpha value is -5.42. The Kier molecular flexibility index (Phi) is 11.8. The third kappa shape index (κ3) is 8.46. The molecule has 1 aliphatic carbocycles. The van der Waals surface area contributed by atoms with Gasteiger partial charge in [0.25, 0.3) is 11.8 Å². The molecule has 14 heteroatoms. The Bertz CT molecular complexity index is 2170. The van der Waals surface area contributed by atoms with Crippen LogP contribution in [0.3, 0.4) is 0 Å². The zero-order valence-corrected chi connectivity index (χ0v) is 34.7. The predicted octanol–water partition coefficient (Wildman–Crippen LogP) is 7.22. The summed E-state index contributed by atoms with van der Waals surface area (Å²) in [6.45, 7) is 12.8. The summed E-state index contributed by atoms with van der Waals surface area (Å²) in [6.07, 6.45) is 1.71. The van der Waals surface area contributed by atoms with Gasteiger partial charge in [-0.2, -0.15) is 18.4 Å². The van der Waals surface area contributed by atoms with Gasteiger partial charge in [-0.05, 0) is 98.3 Å². The number of unbranched alkanes of at least 4 members (excludes halogenated alkanes) is 3. The molecule has 2 saturated heterocycles. The highest BCUT2D eigenvalue weighted by molar-refractivity contribution is 6.05. The number of nitrogens with zero attached hydrogens (tertiary/aromatic N) is 4. The van der Waals surface area contributed by atoms with Crippen molar-refractivity contribution < 1.29 is 37.1 Å². The second-order valence-electron chi connectivity index (χ2n) is 17.9. The summed E-state index contributed by atoms with van der Waals surface area (Å²) in [7, 11) is 0. The molecule has 3 aromatic rings. The zero-order chi connectivity index (χ0) is 43.0. The van der Waals surface area contributed by atoms with Crippen molar-refractivity contribution in [1.82, 2.24) is 20.4 Å². The number of rotatable bonds is 13. The maximum Gasteiger partial charge on any atom is 0.417 e. The number of nitriles is 1. The van der Waals surface area contributed by atoms with Gasteiger partial charge in [0.05, 0.1) is 17.2 Å². The highest BCUT2D eigenvalue weighted by Gasteiger charge is 2.69. The van der Waals surface area contributed by atoms with Crippen LogP contribution in [-0.4, -0.2) is 77.9 Å².